The Morgan fingerprint density at radius 1 is 1.46 bits per heavy atom. The molecule has 26 heavy (non-hydrogen) atoms. The smallest absolute Gasteiger partial charge is 0.324 e. The number of nitrogens with two attached hydrogens (primary N) is 1. The van der Waals surface area contributed by atoms with E-state index >= 15 is 0 Å². The van der Waals surface area contributed by atoms with E-state index in [-0.39, 0.29) is 13.2 Å². The highest BCUT2D eigenvalue weighted by atomic mass is 32.5. The molecule has 3 unspecified atom stereocenters. The van der Waals surface area contributed by atoms with E-state index in [0.717, 1.165) is 0 Å². The Labute approximate surface area is 155 Å². The summed E-state index contributed by atoms with van der Waals surface area (Å²) in [6.45, 7) is -3.52. The van der Waals surface area contributed by atoms with Gasteiger partial charge in [0.15, 0.2) is 0 Å². The maximum atomic E-state index is 10.3. The standard InChI is InChI=1S/C14H22N3O7PS/c15-13-1-3-17(8-16-13)14-5-10(11(6-18)23-14)24-25(20,26)22-7-12-9(19)2-4-21-12/h1,3,8-12,14-15,18-19H,2,4-7H2,(H,20,26)/p+1/t9?,10?,11-,12-,14-,25?/m1/s1. The summed E-state index contributed by atoms with van der Waals surface area (Å²) >= 11 is 5.04. The summed E-state index contributed by atoms with van der Waals surface area (Å²) in [5, 5.41) is 19.2. The largest absolute Gasteiger partial charge is 0.394 e. The maximum Gasteiger partial charge on any atom is 0.324 e. The van der Waals surface area contributed by atoms with Gasteiger partial charge in [-0.3, -0.25) is 0 Å². The van der Waals surface area contributed by atoms with Gasteiger partial charge < -0.3 is 39.4 Å². The molecule has 1 aromatic heterocycles. The van der Waals surface area contributed by atoms with Gasteiger partial charge in [-0.15, -0.1) is 0 Å². The molecule has 5 N–H and O–H groups in total. The summed E-state index contributed by atoms with van der Waals surface area (Å²) in [5.41, 5.74) is 5.57. The van der Waals surface area contributed by atoms with E-state index in [1.165, 1.54) is 6.33 Å². The first-order valence-corrected chi connectivity index (χ1v) is 10.8. The fraction of sp³-hybridized carbons (Fsp3) is 0.714. The summed E-state index contributed by atoms with van der Waals surface area (Å²) in [4.78, 5) is 14.3. The molecule has 0 radical (unpaired) electrons. The molecular formula is C14H23N3O7PS+. The third-order valence-electron chi connectivity index (χ3n) is 4.30. The lowest BCUT2D eigenvalue weighted by Gasteiger charge is -2.24. The molecule has 2 fully saturated rings. The Hall–Kier alpha value is -0.750. The maximum absolute atomic E-state index is 10.3. The van der Waals surface area contributed by atoms with Crippen molar-refractivity contribution in [2.45, 2.75) is 43.5 Å². The summed E-state index contributed by atoms with van der Waals surface area (Å²) in [6.07, 6.45) is 1.12. The van der Waals surface area contributed by atoms with Crippen molar-refractivity contribution in [3.63, 3.8) is 0 Å². The molecule has 2 saturated heterocycles. The van der Waals surface area contributed by atoms with Crippen molar-refractivity contribution < 1.29 is 38.2 Å². The predicted octanol–water partition coefficient (Wildman–Crippen LogP) is -1.00. The molecule has 3 heterocycles. The quantitative estimate of drug-likeness (QED) is 0.328. The van der Waals surface area contributed by atoms with Crippen molar-refractivity contribution in [3.8, 4) is 0 Å². The molecular weight excluding hydrogens is 385 g/mol. The Morgan fingerprint density at radius 2 is 2.27 bits per heavy atom. The second kappa shape index (κ2) is 8.51. The second-order valence-electron chi connectivity index (χ2n) is 6.15. The van der Waals surface area contributed by atoms with Crippen molar-refractivity contribution >= 4 is 24.3 Å². The van der Waals surface area contributed by atoms with E-state index in [9.17, 15) is 15.1 Å². The zero-order valence-electron chi connectivity index (χ0n) is 14.0. The number of anilines is 1. The highest BCUT2D eigenvalue weighted by molar-refractivity contribution is 8.07. The number of aliphatic hydroxyl groups excluding tert-OH is 2. The van der Waals surface area contributed by atoms with Crippen LogP contribution in [0.25, 0.3) is 0 Å². The summed E-state index contributed by atoms with van der Waals surface area (Å²) in [5.74, 6) is 0.376. The molecule has 10 nitrogen and oxygen atoms in total. The molecule has 146 valence electrons. The van der Waals surface area contributed by atoms with Crippen LogP contribution in [0, 0.1) is 0 Å². The van der Waals surface area contributed by atoms with Gasteiger partial charge in [0.2, 0.25) is 12.0 Å². The zero-order valence-corrected chi connectivity index (χ0v) is 15.7. The summed E-state index contributed by atoms with van der Waals surface area (Å²) in [6, 6.07) is 1.62. The van der Waals surface area contributed by atoms with Gasteiger partial charge in [0.05, 0.1) is 25.5 Å². The van der Waals surface area contributed by atoms with Crippen molar-refractivity contribution in [2.24, 2.45) is 0 Å². The van der Waals surface area contributed by atoms with Crippen LogP contribution in [0.2, 0.25) is 0 Å². The van der Waals surface area contributed by atoms with Gasteiger partial charge in [0, 0.05) is 19.1 Å². The molecule has 0 amide bonds. The van der Waals surface area contributed by atoms with Crippen LogP contribution in [0.3, 0.4) is 0 Å². The average molecular weight is 408 g/mol. The third kappa shape index (κ3) is 4.94. The Balaban J connectivity index is 1.58. The lowest BCUT2D eigenvalue weighted by molar-refractivity contribution is -0.761. The molecule has 0 aliphatic carbocycles. The van der Waals surface area contributed by atoms with E-state index in [1.54, 1.807) is 16.8 Å². The van der Waals surface area contributed by atoms with Gasteiger partial charge in [-0.2, -0.15) is 0 Å². The van der Waals surface area contributed by atoms with E-state index in [4.69, 9.17) is 36.1 Å². The molecule has 0 spiro atoms. The monoisotopic (exact) mass is 408 g/mol. The molecule has 0 aromatic carbocycles. The number of hydrogen-bond donors (Lipinski definition) is 4. The van der Waals surface area contributed by atoms with Crippen LogP contribution < -0.4 is 10.3 Å². The van der Waals surface area contributed by atoms with E-state index in [1.807, 2.05) is 0 Å². The Bertz CT molecular complexity index is 652. The predicted molar refractivity (Wildman–Crippen MR) is 92.1 cm³/mol. The lowest BCUT2D eigenvalue weighted by Crippen LogP contribution is -2.39. The highest BCUT2D eigenvalue weighted by Crippen LogP contribution is 2.48. The zero-order chi connectivity index (χ0) is 18.7. The van der Waals surface area contributed by atoms with E-state index < -0.39 is 37.4 Å². The van der Waals surface area contributed by atoms with Gasteiger partial charge in [-0.05, 0) is 23.2 Å². The molecule has 0 saturated carbocycles. The minimum atomic E-state index is -3.59. The molecule has 2 aliphatic rings. The van der Waals surface area contributed by atoms with Gasteiger partial charge in [-0.1, -0.05) is 0 Å². The van der Waals surface area contributed by atoms with Crippen molar-refractivity contribution in [3.05, 3.63) is 18.6 Å². The van der Waals surface area contributed by atoms with Crippen LogP contribution in [0.5, 0.6) is 0 Å². The lowest BCUT2D eigenvalue weighted by atomic mass is 10.2. The van der Waals surface area contributed by atoms with Crippen LogP contribution in [0.1, 0.15) is 19.1 Å². The molecule has 1 aromatic rings. The number of nitrogen functional groups attached to an aromatic ring is 1. The van der Waals surface area contributed by atoms with Crippen LogP contribution in [0.15, 0.2) is 18.6 Å². The molecule has 2 aliphatic heterocycles. The fourth-order valence-corrected chi connectivity index (χ4v) is 4.35. The van der Waals surface area contributed by atoms with Crippen LogP contribution >= 0.6 is 6.72 Å². The van der Waals surface area contributed by atoms with Crippen molar-refractivity contribution in [1.82, 2.24) is 4.98 Å². The number of rotatable bonds is 7. The van der Waals surface area contributed by atoms with E-state index in [2.05, 4.69) is 4.98 Å². The van der Waals surface area contributed by atoms with Gasteiger partial charge in [-0.25, -0.2) is 4.57 Å². The normalized spacial score (nSPS) is 34.0. The topological polar surface area (TPSA) is 140 Å². The third-order valence-corrected chi connectivity index (χ3v) is 5.88. The first-order valence-electron chi connectivity index (χ1n) is 8.22. The van der Waals surface area contributed by atoms with Gasteiger partial charge >= 0.3 is 6.72 Å². The highest BCUT2D eigenvalue weighted by Gasteiger charge is 2.42. The SMILES string of the molecule is Nc1cc[n+]([C@H]2CC(OP(O)(=S)OC[C@H]3OCCC3O)[C@@H](CO)O2)cn1. The minimum absolute atomic E-state index is 0.0631. The van der Waals surface area contributed by atoms with E-state index in [0.29, 0.717) is 25.3 Å². The fourth-order valence-electron chi connectivity index (χ4n) is 2.87. The number of aliphatic hydroxyl groups is 2. The Kier molecular flexibility index (Phi) is 6.54. The minimum Gasteiger partial charge on any atom is -0.394 e. The van der Waals surface area contributed by atoms with Crippen molar-refractivity contribution in [2.75, 3.05) is 25.6 Å². The molecule has 0 bridgehead atoms. The number of hydrogen-bond acceptors (Lipinski definition) is 9. The number of aromatic nitrogens is 2. The summed E-state index contributed by atoms with van der Waals surface area (Å²) < 4.78 is 23.6. The van der Waals surface area contributed by atoms with Gasteiger partial charge in [0.1, 0.15) is 18.3 Å². The molecule has 12 heteroatoms. The van der Waals surface area contributed by atoms with Crippen LogP contribution in [-0.2, 0) is 30.3 Å². The Morgan fingerprint density at radius 3 is 2.88 bits per heavy atom. The molecule has 3 rings (SSSR count). The summed E-state index contributed by atoms with van der Waals surface area (Å²) in [7, 11) is 0. The van der Waals surface area contributed by atoms with Crippen molar-refractivity contribution in [1.29, 1.82) is 0 Å². The number of ether oxygens (including phenoxy) is 2. The van der Waals surface area contributed by atoms with Crippen LogP contribution in [-0.4, -0.2) is 64.3 Å². The first kappa shape index (κ1) is 20.0. The average Bonchev–Trinajstić information content (AvgIpc) is 3.19. The van der Waals surface area contributed by atoms with Crippen LogP contribution in [0.4, 0.5) is 5.82 Å². The second-order valence-corrected chi connectivity index (χ2v) is 8.94. The first-order chi connectivity index (χ1) is 12.4. The molecule has 6 atom stereocenters. The van der Waals surface area contributed by atoms with Gasteiger partial charge in [0.25, 0.3) is 6.33 Å². The number of nitrogens with zero attached hydrogens (tertiary/aromatic N) is 2.